The van der Waals surface area contributed by atoms with E-state index in [1.165, 1.54) is 4.31 Å². The predicted molar refractivity (Wildman–Crippen MR) is 70.4 cm³/mol. The fourth-order valence-electron chi connectivity index (χ4n) is 1.66. The maximum Gasteiger partial charge on any atom is 0.243 e. The van der Waals surface area contributed by atoms with Crippen LogP contribution < -0.4 is 0 Å². The minimum absolute atomic E-state index is 0.162. The number of hydrogen-bond acceptors (Lipinski definition) is 3. The molecular weight excluding hydrogens is 248 g/mol. The second-order valence-corrected chi connectivity index (χ2v) is 6.32. The topological polar surface area (TPSA) is 61.2 Å². The van der Waals surface area contributed by atoms with Gasteiger partial charge >= 0.3 is 0 Å². The van der Waals surface area contributed by atoms with Gasteiger partial charge in [0, 0.05) is 19.0 Å². The zero-order valence-electron chi connectivity index (χ0n) is 10.9. The molecule has 0 aromatic heterocycles. The maximum absolute atomic E-state index is 12.4. The van der Waals surface area contributed by atoms with Crippen LogP contribution in [0.2, 0.25) is 0 Å². The van der Waals surface area contributed by atoms with Crippen LogP contribution in [0.5, 0.6) is 0 Å². The van der Waals surface area contributed by atoms with Gasteiger partial charge in [0.05, 0.1) is 11.0 Å². The Hall–Kier alpha value is -1.38. The summed E-state index contributed by atoms with van der Waals surface area (Å²) in [6.07, 6.45) is 0.198. The molecule has 0 fully saturated rings. The van der Waals surface area contributed by atoms with Crippen LogP contribution in [0.4, 0.5) is 0 Å². The first kappa shape index (κ1) is 14.7. The van der Waals surface area contributed by atoms with Gasteiger partial charge in [-0.2, -0.15) is 9.57 Å². The molecule has 0 atom stereocenters. The molecule has 0 radical (unpaired) electrons. The lowest BCUT2D eigenvalue weighted by Gasteiger charge is -2.25. The van der Waals surface area contributed by atoms with E-state index in [0.29, 0.717) is 0 Å². The molecule has 0 amide bonds. The summed E-state index contributed by atoms with van der Waals surface area (Å²) in [6, 6.07) is 8.57. The average Bonchev–Trinajstić information content (AvgIpc) is 2.29. The molecule has 98 valence electrons. The second kappa shape index (κ2) is 5.98. The molecule has 0 saturated carbocycles. The molecule has 0 N–H and O–H groups in total. The highest BCUT2D eigenvalue weighted by Gasteiger charge is 2.26. The van der Waals surface area contributed by atoms with Gasteiger partial charge in [-0.1, -0.05) is 17.7 Å². The number of nitriles is 1. The van der Waals surface area contributed by atoms with E-state index in [4.69, 9.17) is 5.26 Å². The zero-order valence-corrected chi connectivity index (χ0v) is 11.7. The van der Waals surface area contributed by atoms with Gasteiger partial charge in [0.1, 0.15) is 0 Å². The third-order valence-electron chi connectivity index (χ3n) is 2.65. The third kappa shape index (κ3) is 3.31. The monoisotopic (exact) mass is 266 g/mol. The van der Waals surface area contributed by atoms with Gasteiger partial charge in [0.2, 0.25) is 10.0 Å². The summed E-state index contributed by atoms with van der Waals surface area (Å²) < 4.78 is 26.2. The van der Waals surface area contributed by atoms with E-state index in [1.54, 1.807) is 24.3 Å². The average molecular weight is 266 g/mol. The number of aryl methyl sites for hydroxylation is 1. The minimum atomic E-state index is -3.51. The van der Waals surface area contributed by atoms with E-state index in [9.17, 15) is 8.42 Å². The lowest BCUT2D eigenvalue weighted by molar-refractivity contribution is 0.360. The normalized spacial score (nSPS) is 11.8. The molecule has 0 aliphatic rings. The molecule has 18 heavy (non-hydrogen) atoms. The van der Waals surface area contributed by atoms with E-state index < -0.39 is 10.0 Å². The Morgan fingerprint density at radius 1 is 1.28 bits per heavy atom. The first-order valence-electron chi connectivity index (χ1n) is 5.85. The maximum atomic E-state index is 12.4. The van der Waals surface area contributed by atoms with E-state index in [0.717, 1.165) is 5.56 Å². The fourth-order valence-corrected chi connectivity index (χ4v) is 3.30. The van der Waals surface area contributed by atoms with Gasteiger partial charge < -0.3 is 0 Å². The van der Waals surface area contributed by atoms with Crippen molar-refractivity contribution in [3.8, 4) is 6.07 Å². The van der Waals surface area contributed by atoms with Gasteiger partial charge in [-0.25, -0.2) is 8.42 Å². The van der Waals surface area contributed by atoms with Crippen molar-refractivity contribution in [2.45, 2.75) is 38.1 Å². The largest absolute Gasteiger partial charge is 0.243 e. The van der Waals surface area contributed by atoms with Crippen molar-refractivity contribution in [1.82, 2.24) is 4.31 Å². The van der Waals surface area contributed by atoms with E-state index >= 15 is 0 Å². The zero-order chi connectivity index (χ0) is 13.8. The molecule has 0 heterocycles. The third-order valence-corrected chi connectivity index (χ3v) is 4.74. The Balaban J connectivity index is 3.09. The summed E-state index contributed by atoms with van der Waals surface area (Å²) in [5.41, 5.74) is 1.02. The van der Waals surface area contributed by atoms with Crippen LogP contribution >= 0.6 is 0 Å². The van der Waals surface area contributed by atoms with Crippen LogP contribution in [0.15, 0.2) is 29.2 Å². The molecule has 0 unspecified atom stereocenters. The summed E-state index contributed by atoms with van der Waals surface area (Å²) in [6.45, 7) is 5.75. The van der Waals surface area contributed by atoms with Crippen molar-refractivity contribution in [1.29, 1.82) is 5.26 Å². The number of benzene rings is 1. The second-order valence-electron chi connectivity index (χ2n) is 4.43. The Bertz CT molecular complexity index is 527. The lowest BCUT2D eigenvalue weighted by atomic mass is 10.2. The molecule has 4 nitrogen and oxygen atoms in total. The quantitative estimate of drug-likeness (QED) is 0.821. The van der Waals surface area contributed by atoms with Gasteiger partial charge in [-0.3, -0.25) is 0 Å². The molecule has 0 aliphatic heterocycles. The van der Waals surface area contributed by atoms with Crippen molar-refractivity contribution < 1.29 is 8.42 Å². The van der Waals surface area contributed by atoms with E-state index in [1.807, 2.05) is 26.8 Å². The van der Waals surface area contributed by atoms with Crippen molar-refractivity contribution in [3.63, 3.8) is 0 Å². The van der Waals surface area contributed by atoms with Gasteiger partial charge in [0.15, 0.2) is 0 Å². The molecule has 5 heteroatoms. The highest BCUT2D eigenvalue weighted by molar-refractivity contribution is 7.89. The molecular formula is C13H18N2O2S. The summed E-state index contributed by atoms with van der Waals surface area (Å²) in [7, 11) is -3.51. The minimum Gasteiger partial charge on any atom is -0.207 e. The number of hydrogen-bond donors (Lipinski definition) is 0. The molecule has 0 aliphatic carbocycles. The van der Waals surface area contributed by atoms with Crippen LogP contribution in [0.3, 0.4) is 0 Å². The highest BCUT2D eigenvalue weighted by Crippen LogP contribution is 2.18. The Kier molecular flexibility index (Phi) is 4.88. The number of nitrogens with zero attached hydrogens (tertiary/aromatic N) is 2. The van der Waals surface area contributed by atoms with Crippen LogP contribution in [-0.4, -0.2) is 25.3 Å². The molecule has 0 saturated heterocycles. The van der Waals surface area contributed by atoms with Crippen molar-refractivity contribution in [2.24, 2.45) is 0 Å². The van der Waals surface area contributed by atoms with E-state index in [-0.39, 0.29) is 23.9 Å². The Morgan fingerprint density at radius 2 is 1.83 bits per heavy atom. The van der Waals surface area contributed by atoms with Crippen molar-refractivity contribution in [2.75, 3.05) is 6.54 Å². The lowest BCUT2D eigenvalue weighted by Crippen LogP contribution is -2.37. The molecule has 1 rings (SSSR count). The smallest absolute Gasteiger partial charge is 0.207 e. The van der Waals surface area contributed by atoms with Crippen molar-refractivity contribution in [3.05, 3.63) is 29.8 Å². The molecule has 0 spiro atoms. The summed E-state index contributed by atoms with van der Waals surface area (Å²) in [4.78, 5) is 0.278. The summed E-state index contributed by atoms with van der Waals surface area (Å²) >= 11 is 0. The number of rotatable bonds is 5. The molecule has 1 aromatic carbocycles. The van der Waals surface area contributed by atoms with Crippen LogP contribution in [0, 0.1) is 18.3 Å². The summed E-state index contributed by atoms with van der Waals surface area (Å²) in [5, 5.41) is 8.60. The van der Waals surface area contributed by atoms with Crippen LogP contribution in [0.1, 0.15) is 25.8 Å². The van der Waals surface area contributed by atoms with Crippen LogP contribution in [0.25, 0.3) is 0 Å². The molecule has 1 aromatic rings. The van der Waals surface area contributed by atoms with Gasteiger partial charge in [0.25, 0.3) is 0 Å². The highest BCUT2D eigenvalue weighted by atomic mass is 32.2. The first-order chi connectivity index (χ1) is 8.39. The standard InChI is InChI=1S/C13H18N2O2S/c1-11(2)15(10-4-9-14)18(16,17)13-7-5-12(3)6-8-13/h5-8,11H,4,10H2,1-3H3. The van der Waals surface area contributed by atoms with E-state index in [2.05, 4.69) is 0 Å². The Morgan fingerprint density at radius 3 is 2.28 bits per heavy atom. The van der Waals surface area contributed by atoms with Gasteiger partial charge in [-0.15, -0.1) is 0 Å². The Labute approximate surface area is 109 Å². The first-order valence-corrected chi connectivity index (χ1v) is 7.29. The van der Waals surface area contributed by atoms with Crippen LogP contribution in [-0.2, 0) is 10.0 Å². The molecule has 0 bridgehead atoms. The summed E-state index contributed by atoms with van der Waals surface area (Å²) in [5.74, 6) is 0. The van der Waals surface area contributed by atoms with Crippen molar-refractivity contribution >= 4 is 10.0 Å². The predicted octanol–water partition coefficient (Wildman–Crippen LogP) is 2.31. The van der Waals surface area contributed by atoms with Gasteiger partial charge in [-0.05, 0) is 32.9 Å². The SMILES string of the molecule is Cc1ccc(S(=O)(=O)N(CCC#N)C(C)C)cc1. The fraction of sp³-hybridized carbons (Fsp3) is 0.462. The number of sulfonamides is 1.